The number of alkyl halides is 3. The fourth-order valence-electron chi connectivity index (χ4n) is 4.28. The maximum absolute atomic E-state index is 13.5. The van der Waals surface area contributed by atoms with E-state index in [9.17, 15) is 23.7 Å². The van der Waals surface area contributed by atoms with Gasteiger partial charge >= 0.3 is 17.5 Å². The third-order valence-electron chi connectivity index (χ3n) is 6.09. The fourth-order valence-corrected chi connectivity index (χ4v) is 4.28. The number of halogens is 3. The van der Waals surface area contributed by atoms with Crippen molar-refractivity contribution in [2.75, 3.05) is 0 Å². The molecule has 14 nitrogen and oxygen atoms in total. The molecule has 5 heterocycles. The van der Waals surface area contributed by atoms with Crippen LogP contribution in [0.1, 0.15) is 17.0 Å². The summed E-state index contributed by atoms with van der Waals surface area (Å²) in [5.41, 5.74) is -1.89. The molecular weight excluding hydrogens is 553 g/mol. The molecule has 0 radical (unpaired) electrons. The summed E-state index contributed by atoms with van der Waals surface area (Å²) >= 11 is 0. The van der Waals surface area contributed by atoms with Crippen molar-refractivity contribution in [3.8, 4) is 12.1 Å². The minimum atomic E-state index is -4.64. The van der Waals surface area contributed by atoms with Crippen molar-refractivity contribution in [3.63, 3.8) is 0 Å². The third-order valence-corrected chi connectivity index (χ3v) is 6.09. The van der Waals surface area contributed by atoms with E-state index in [0.717, 1.165) is 18.2 Å². The van der Waals surface area contributed by atoms with Gasteiger partial charge in [-0.15, -0.1) is 9.97 Å². The molecule has 0 N–H and O–H groups in total. The van der Waals surface area contributed by atoms with E-state index in [0.29, 0.717) is 0 Å². The topological polar surface area (TPSA) is 185 Å². The summed E-state index contributed by atoms with van der Waals surface area (Å²) in [6.45, 7) is 14.6. The van der Waals surface area contributed by atoms with Crippen LogP contribution in [0.3, 0.4) is 0 Å². The van der Waals surface area contributed by atoms with E-state index in [2.05, 4.69) is 59.5 Å². The molecule has 7 aromatic rings. The number of benzene rings is 2. The maximum atomic E-state index is 13.5. The van der Waals surface area contributed by atoms with Crippen LogP contribution in [0, 0.1) is 35.8 Å². The minimum absolute atomic E-state index is 0.00309. The van der Waals surface area contributed by atoms with Crippen LogP contribution in [0.4, 0.5) is 24.8 Å². The summed E-state index contributed by atoms with van der Waals surface area (Å²) in [7, 11) is 0. The Bertz CT molecular complexity index is 2570. The van der Waals surface area contributed by atoms with Crippen LogP contribution < -0.4 is 0 Å². The van der Waals surface area contributed by atoms with Gasteiger partial charge in [0.2, 0.25) is 0 Å². The van der Waals surface area contributed by atoms with Crippen LogP contribution in [0.25, 0.3) is 76.4 Å². The van der Waals surface area contributed by atoms with E-state index >= 15 is 0 Å². The Hall–Kier alpha value is -6.85. The lowest BCUT2D eigenvalue weighted by molar-refractivity contribution is -0.137. The Labute approximate surface area is 228 Å². The molecule has 2 aromatic carbocycles. The predicted molar refractivity (Wildman–Crippen MR) is 136 cm³/mol. The fraction of sp³-hybridized carbons (Fsp3) is 0.0400. The molecule has 0 aliphatic rings. The standard InChI is InChI=1S/C25H3F3N14/c1-31-19-20(32-2)42-24-23(41-19)39-15-13-14(34-10-5-8(25(26,27)28)3-4-9(10)33-13)16-17(18(15)40-24)38-22-21(37-16)35-11(6-29)12(7-30)36-22/h3-5H. The summed E-state index contributed by atoms with van der Waals surface area (Å²) in [5.74, 6) is -0.599. The molecule has 17 heteroatoms. The molecule has 0 spiro atoms. The zero-order valence-corrected chi connectivity index (χ0v) is 20.1. The molecule has 0 bridgehead atoms. The zero-order chi connectivity index (χ0) is 29.3. The van der Waals surface area contributed by atoms with Gasteiger partial charge in [-0.3, -0.25) is 0 Å². The van der Waals surface area contributed by atoms with Crippen molar-refractivity contribution in [1.82, 2.24) is 49.8 Å². The molecule has 0 aliphatic carbocycles. The number of nitriles is 2. The van der Waals surface area contributed by atoms with Crippen molar-refractivity contribution in [1.29, 1.82) is 10.5 Å². The van der Waals surface area contributed by atoms with Crippen molar-refractivity contribution in [2.24, 2.45) is 0 Å². The van der Waals surface area contributed by atoms with Crippen LogP contribution >= 0.6 is 0 Å². The van der Waals surface area contributed by atoms with Gasteiger partial charge in [0.25, 0.3) is 11.6 Å². The highest BCUT2D eigenvalue weighted by molar-refractivity contribution is 6.20. The van der Waals surface area contributed by atoms with Crippen molar-refractivity contribution >= 4 is 78.4 Å². The highest BCUT2D eigenvalue weighted by Crippen LogP contribution is 2.35. The molecule has 0 fully saturated rings. The first kappa shape index (κ1) is 24.2. The summed E-state index contributed by atoms with van der Waals surface area (Å²) in [6, 6.07) is 6.38. The molecule has 0 saturated carbocycles. The summed E-state index contributed by atoms with van der Waals surface area (Å²) in [5, 5.41) is 18.8. The molecule has 42 heavy (non-hydrogen) atoms. The second-order valence-corrected chi connectivity index (χ2v) is 8.50. The smallest absolute Gasteiger partial charge is 0.370 e. The summed E-state index contributed by atoms with van der Waals surface area (Å²) in [4.78, 5) is 49.5. The lowest BCUT2D eigenvalue weighted by Gasteiger charge is -2.10. The van der Waals surface area contributed by atoms with Crippen LogP contribution in [-0.4, -0.2) is 49.8 Å². The van der Waals surface area contributed by atoms with Gasteiger partial charge in [-0.25, -0.2) is 29.9 Å². The SMILES string of the molecule is [C-]#[N+]c1nc2nc3c4nc5ccc(C(F)(F)F)cc5nc4c4nc5nc(C#N)c(C#N)nc5nc4c3nc2nc1[N+]#[C-]. The molecule has 0 aliphatic heterocycles. The van der Waals surface area contributed by atoms with E-state index in [1.54, 1.807) is 12.1 Å². The molecule has 7 rings (SSSR count). The molecule has 0 atom stereocenters. The molecule has 5 aromatic heterocycles. The Morgan fingerprint density at radius 1 is 0.571 bits per heavy atom. The number of hydrogen-bond donors (Lipinski definition) is 0. The van der Waals surface area contributed by atoms with Gasteiger partial charge in [-0.1, -0.05) is 13.1 Å². The molecule has 0 amide bonds. The second kappa shape index (κ2) is 8.32. The Morgan fingerprint density at radius 3 is 1.38 bits per heavy atom. The summed E-state index contributed by atoms with van der Waals surface area (Å²) in [6.07, 6.45) is -4.64. The Morgan fingerprint density at radius 2 is 0.976 bits per heavy atom. The Balaban J connectivity index is 1.71. The van der Waals surface area contributed by atoms with Gasteiger partial charge in [0.15, 0.2) is 22.7 Å². The number of hydrogen-bond acceptors (Lipinski definition) is 12. The van der Waals surface area contributed by atoms with Crippen LogP contribution in [0.5, 0.6) is 0 Å². The monoisotopic (exact) mass is 556 g/mol. The second-order valence-electron chi connectivity index (χ2n) is 8.50. The molecule has 0 saturated heterocycles. The van der Waals surface area contributed by atoms with E-state index in [1.165, 1.54) is 0 Å². The normalized spacial score (nSPS) is 11.6. The Kier molecular flexibility index (Phi) is 4.80. The average molecular weight is 556 g/mol. The van der Waals surface area contributed by atoms with Gasteiger partial charge in [-0.2, -0.15) is 33.7 Å². The lowest BCUT2D eigenvalue weighted by atomic mass is 10.1. The summed E-state index contributed by atoms with van der Waals surface area (Å²) < 4.78 is 40.4. The quantitative estimate of drug-likeness (QED) is 0.146. The van der Waals surface area contributed by atoms with Gasteiger partial charge in [0, 0.05) is 0 Å². The number of fused-ring (bicyclic) bond motifs is 9. The van der Waals surface area contributed by atoms with E-state index < -0.39 is 11.7 Å². The lowest BCUT2D eigenvalue weighted by Crippen LogP contribution is -2.05. The predicted octanol–water partition coefficient (Wildman–Crippen LogP) is 4.42. The minimum Gasteiger partial charge on any atom is -0.370 e. The van der Waals surface area contributed by atoms with Gasteiger partial charge in [-0.05, 0) is 18.2 Å². The van der Waals surface area contributed by atoms with Crippen molar-refractivity contribution < 1.29 is 13.2 Å². The third kappa shape index (κ3) is 3.42. The van der Waals surface area contributed by atoms with Gasteiger partial charge in [0.05, 0.1) is 16.6 Å². The number of nitrogens with zero attached hydrogens (tertiary/aromatic N) is 14. The number of aromatic nitrogens is 10. The largest absolute Gasteiger partial charge is 0.416 e. The first-order valence-electron chi connectivity index (χ1n) is 11.4. The van der Waals surface area contributed by atoms with Gasteiger partial charge in [0.1, 0.15) is 45.2 Å². The maximum Gasteiger partial charge on any atom is 0.416 e. The van der Waals surface area contributed by atoms with Crippen LogP contribution in [0.2, 0.25) is 0 Å². The first-order valence-corrected chi connectivity index (χ1v) is 11.4. The number of rotatable bonds is 0. The first-order chi connectivity index (χ1) is 20.2. The average Bonchev–Trinajstić information content (AvgIpc) is 3.00. The molecule has 194 valence electrons. The van der Waals surface area contributed by atoms with E-state index in [-0.39, 0.29) is 89.7 Å². The van der Waals surface area contributed by atoms with Crippen molar-refractivity contribution in [3.05, 3.63) is 58.0 Å². The van der Waals surface area contributed by atoms with Crippen LogP contribution in [-0.2, 0) is 6.18 Å². The highest BCUT2D eigenvalue weighted by Gasteiger charge is 2.31. The van der Waals surface area contributed by atoms with Crippen molar-refractivity contribution in [2.45, 2.75) is 6.18 Å². The molecule has 0 unspecified atom stereocenters. The zero-order valence-electron chi connectivity index (χ0n) is 20.1. The van der Waals surface area contributed by atoms with E-state index in [1.807, 2.05) is 0 Å². The van der Waals surface area contributed by atoms with Gasteiger partial charge < -0.3 is 9.69 Å². The van der Waals surface area contributed by atoms with E-state index in [4.69, 9.17) is 13.1 Å². The molecular formula is C25H3F3N14. The highest BCUT2D eigenvalue weighted by atomic mass is 19.4. The van der Waals surface area contributed by atoms with Crippen LogP contribution in [0.15, 0.2) is 18.2 Å².